The van der Waals surface area contributed by atoms with Gasteiger partial charge in [0.25, 0.3) is 0 Å². The zero-order chi connectivity index (χ0) is 11.7. The lowest BCUT2D eigenvalue weighted by Gasteiger charge is -2.35. The zero-order valence-electron chi connectivity index (χ0n) is 10.2. The highest BCUT2D eigenvalue weighted by atomic mass is 79.9. The standard InChI is InChI=1S/C15H20BrN/c16-12-6-7-15-14(10-12)13(8-9-17-15)11-4-2-1-3-5-11/h6-7,10-11,13,17H,1-5,8-9H2. The maximum absolute atomic E-state index is 3.61. The van der Waals surface area contributed by atoms with Crippen LogP contribution in [0, 0.1) is 5.92 Å². The van der Waals surface area contributed by atoms with E-state index in [1.807, 2.05) is 0 Å². The van der Waals surface area contributed by atoms with Crippen LogP contribution in [0.1, 0.15) is 50.0 Å². The van der Waals surface area contributed by atoms with E-state index in [0.717, 1.165) is 18.4 Å². The summed E-state index contributed by atoms with van der Waals surface area (Å²) in [5, 5.41) is 3.54. The molecule has 1 unspecified atom stereocenters. The molecule has 1 N–H and O–H groups in total. The second-order valence-electron chi connectivity index (χ2n) is 5.45. The number of benzene rings is 1. The van der Waals surface area contributed by atoms with E-state index in [-0.39, 0.29) is 0 Å². The van der Waals surface area contributed by atoms with E-state index < -0.39 is 0 Å². The number of nitrogens with one attached hydrogen (secondary N) is 1. The number of hydrogen-bond acceptors (Lipinski definition) is 1. The van der Waals surface area contributed by atoms with Crippen molar-refractivity contribution >= 4 is 21.6 Å². The van der Waals surface area contributed by atoms with Crippen LogP contribution < -0.4 is 5.32 Å². The minimum Gasteiger partial charge on any atom is -0.385 e. The fraction of sp³-hybridized carbons (Fsp3) is 0.600. The molecule has 1 saturated carbocycles. The Balaban J connectivity index is 1.89. The summed E-state index contributed by atoms with van der Waals surface area (Å²) in [6.45, 7) is 1.15. The van der Waals surface area contributed by atoms with Crippen LogP contribution in [-0.2, 0) is 0 Å². The first kappa shape index (κ1) is 11.6. The Bertz CT molecular complexity index is 396. The highest BCUT2D eigenvalue weighted by Gasteiger charge is 2.28. The van der Waals surface area contributed by atoms with E-state index >= 15 is 0 Å². The highest BCUT2D eigenvalue weighted by molar-refractivity contribution is 9.10. The van der Waals surface area contributed by atoms with Crippen molar-refractivity contribution in [3.05, 3.63) is 28.2 Å². The van der Waals surface area contributed by atoms with Gasteiger partial charge in [-0.1, -0.05) is 35.2 Å². The van der Waals surface area contributed by atoms with Crippen LogP contribution in [-0.4, -0.2) is 6.54 Å². The smallest absolute Gasteiger partial charge is 0.0376 e. The molecule has 2 heteroatoms. The van der Waals surface area contributed by atoms with Gasteiger partial charge in [0.05, 0.1) is 0 Å². The van der Waals surface area contributed by atoms with Crippen molar-refractivity contribution in [2.75, 3.05) is 11.9 Å². The summed E-state index contributed by atoms with van der Waals surface area (Å²) in [5.74, 6) is 1.72. The van der Waals surface area contributed by atoms with Gasteiger partial charge in [-0.3, -0.25) is 0 Å². The first-order chi connectivity index (χ1) is 8.34. The quantitative estimate of drug-likeness (QED) is 0.774. The molecular formula is C15H20BrN. The summed E-state index contributed by atoms with van der Waals surface area (Å²) < 4.78 is 1.22. The molecule has 0 radical (unpaired) electrons. The molecule has 1 atom stereocenters. The van der Waals surface area contributed by atoms with Crippen LogP contribution in [0.4, 0.5) is 5.69 Å². The lowest BCUT2D eigenvalue weighted by atomic mass is 9.74. The monoisotopic (exact) mass is 293 g/mol. The van der Waals surface area contributed by atoms with Crippen molar-refractivity contribution < 1.29 is 0 Å². The van der Waals surface area contributed by atoms with Crippen LogP contribution in [0.3, 0.4) is 0 Å². The van der Waals surface area contributed by atoms with Gasteiger partial charge in [0, 0.05) is 16.7 Å². The Labute approximate surface area is 112 Å². The minimum atomic E-state index is 0.795. The van der Waals surface area contributed by atoms with Crippen molar-refractivity contribution in [1.29, 1.82) is 0 Å². The third-order valence-electron chi connectivity index (χ3n) is 4.40. The number of anilines is 1. The van der Waals surface area contributed by atoms with E-state index in [1.54, 1.807) is 5.56 Å². The number of halogens is 1. The van der Waals surface area contributed by atoms with E-state index in [0.29, 0.717) is 0 Å². The second kappa shape index (κ2) is 5.01. The third-order valence-corrected chi connectivity index (χ3v) is 4.90. The van der Waals surface area contributed by atoms with Crippen LogP contribution in [0.5, 0.6) is 0 Å². The van der Waals surface area contributed by atoms with Crippen molar-refractivity contribution in [3.8, 4) is 0 Å². The average Bonchev–Trinajstić information content (AvgIpc) is 2.39. The summed E-state index contributed by atoms with van der Waals surface area (Å²) in [6, 6.07) is 6.71. The number of hydrogen-bond donors (Lipinski definition) is 1. The number of fused-ring (bicyclic) bond motifs is 1. The van der Waals surface area contributed by atoms with Gasteiger partial charge in [-0.15, -0.1) is 0 Å². The predicted molar refractivity (Wildman–Crippen MR) is 76.6 cm³/mol. The topological polar surface area (TPSA) is 12.0 Å². The predicted octanol–water partition coefficient (Wildman–Crippen LogP) is 4.93. The Hall–Kier alpha value is -0.500. The molecule has 1 fully saturated rings. The third kappa shape index (κ3) is 2.37. The van der Waals surface area contributed by atoms with E-state index in [2.05, 4.69) is 39.4 Å². The van der Waals surface area contributed by atoms with Crippen LogP contribution in [0.2, 0.25) is 0 Å². The molecular weight excluding hydrogens is 274 g/mol. The van der Waals surface area contributed by atoms with Crippen molar-refractivity contribution in [2.24, 2.45) is 5.92 Å². The van der Waals surface area contributed by atoms with Gasteiger partial charge in [0.1, 0.15) is 0 Å². The molecule has 1 aromatic carbocycles. The minimum absolute atomic E-state index is 0.795. The molecule has 0 aromatic heterocycles. The summed E-state index contributed by atoms with van der Waals surface area (Å²) in [4.78, 5) is 0. The normalized spacial score (nSPS) is 25.1. The maximum Gasteiger partial charge on any atom is 0.0376 e. The average molecular weight is 294 g/mol. The molecule has 1 aromatic rings. The zero-order valence-corrected chi connectivity index (χ0v) is 11.8. The van der Waals surface area contributed by atoms with Gasteiger partial charge in [-0.25, -0.2) is 0 Å². The van der Waals surface area contributed by atoms with Crippen molar-refractivity contribution in [3.63, 3.8) is 0 Å². The molecule has 1 nitrogen and oxygen atoms in total. The van der Waals surface area contributed by atoms with Gasteiger partial charge < -0.3 is 5.32 Å². The Morgan fingerprint density at radius 3 is 2.71 bits per heavy atom. The first-order valence-electron chi connectivity index (χ1n) is 6.88. The Kier molecular flexibility index (Phi) is 3.41. The van der Waals surface area contributed by atoms with Gasteiger partial charge in [-0.05, 0) is 54.9 Å². The summed E-state index contributed by atoms with van der Waals surface area (Å²) in [5.41, 5.74) is 2.92. The first-order valence-corrected chi connectivity index (χ1v) is 7.67. The second-order valence-corrected chi connectivity index (χ2v) is 6.37. The van der Waals surface area contributed by atoms with Crippen molar-refractivity contribution in [2.45, 2.75) is 44.4 Å². The van der Waals surface area contributed by atoms with E-state index in [4.69, 9.17) is 0 Å². The van der Waals surface area contributed by atoms with Gasteiger partial charge in [-0.2, -0.15) is 0 Å². The SMILES string of the molecule is Brc1ccc2c(c1)C(C1CCCCC1)CCN2. The molecule has 0 spiro atoms. The van der Waals surface area contributed by atoms with Gasteiger partial charge >= 0.3 is 0 Å². The van der Waals surface area contributed by atoms with E-state index in [9.17, 15) is 0 Å². The molecule has 1 aliphatic heterocycles. The van der Waals surface area contributed by atoms with E-state index in [1.165, 1.54) is 48.7 Å². The van der Waals surface area contributed by atoms with Crippen LogP contribution in [0.25, 0.3) is 0 Å². The molecule has 0 amide bonds. The summed E-state index contributed by atoms with van der Waals surface area (Å²) in [7, 11) is 0. The Morgan fingerprint density at radius 1 is 1.06 bits per heavy atom. The largest absolute Gasteiger partial charge is 0.385 e. The van der Waals surface area contributed by atoms with Gasteiger partial charge in [0.2, 0.25) is 0 Å². The summed E-state index contributed by atoms with van der Waals surface area (Å²) >= 11 is 3.61. The molecule has 0 saturated heterocycles. The lowest BCUT2D eigenvalue weighted by molar-refractivity contribution is 0.294. The highest BCUT2D eigenvalue weighted by Crippen LogP contribution is 2.43. The molecule has 92 valence electrons. The molecule has 0 bridgehead atoms. The molecule has 1 heterocycles. The molecule has 17 heavy (non-hydrogen) atoms. The van der Waals surface area contributed by atoms with Crippen molar-refractivity contribution in [1.82, 2.24) is 0 Å². The maximum atomic E-state index is 3.61. The molecule has 1 aliphatic carbocycles. The van der Waals surface area contributed by atoms with Crippen LogP contribution >= 0.6 is 15.9 Å². The fourth-order valence-corrected chi connectivity index (χ4v) is 3.92. The Morgan fingerprint density at radius 2 is 1.88 bits per heavy atom. The van der Waals surface area contributed by atoms with Gasteiger partial charge in [0.15, 0.2) is 0 Å². The molecule has 3 rings (SSSR count). The lowest BCUT2D eigenvalue weighted by Crippen LogP contribution is -2.24. The molecule has 2 aliphatic rings. The fourth-order valence-electron chi connectivity index (χ4n) is 3.55. The van der Waals surface area contributed by atoms with Crippen LogP contribution in [0.15, 0.2) is 22.7 Å². The number of rotatable bonds is 1. The summed E-state index contributed by atoms with van der Waals surface area (Å²) in [6.07, 6.45) is 8.53.